The molecule has 0 fully saturated rings. The van der Waals surface area contributed by atoms with Crippen LogP contribution in [0.3, 0.4) is 0 Å². The number of carbonyl (C=O) groups is 2. The first-order valence-corrected chi connectivity index (χ1v) is 13.8. The van der Waals surface area contributed by atoms with E-state index in [1.165, 1.54) is 25.3 Å². The van der Waals surface area contributed by atoms with Crippen molar-refractivity contribution in [2.75, 3.05) is 13.2 Å². The number of nitrogens with two attached hydrogens (primary N) is 1. The van der Waals surface area contributed by atoms with Gasteiger partial charge in [0.1, 0.15) is 29.0 Å². The summed E-state index contributed by atoms with van der Waals surface area (Å²) >= 11 is 5.99. The van der Waals surface area contributed by atoms with Gasteiger partial charge in [0.25, 0.3) is 5.91 Å². The summed E-state index contributed by atoms with van der Waals surface area (Å²) in [4.78, 5) is 33.5. The topological polar surface area (TPSA) is 137 Å². The van der Waals surface area contributed by atoms with E-state index in [4.69, 9.17) is 22.1 Å². The van der Waals surface area contributed by atoms with Gasteiger partial charge in [0.2, 0.25) is 11.5 Å². The first-order chi connectivity index (χ1) is 21.9. The Kier molecular flexibility index (Phi) is 8.47. The third kappa shape index (κ3) is 5.86. The summed E-state index contributed by atoms with van der Waals surface area (Å²) in [5.74, 6) is -6.09. The van der Waals surface area contributed by atoms with Crippen LogP contribution in [-0.2, 0) is 15.8 Å². The highest BCUT2D eigenvalue weighted by atomic mass is 35.5. The lowest BCUT2D eigenvalue weighted by atomic mass is 9.81. The number of nitrogens with zero attached hydrogens (tertiary/aromatic N) is 2. The zero-order valence-electron chi connectivity index (χ0n) is 24.1. The van der Waals surface area contributed by atoms with E-state index in [0.717, 1.165) is 12.1 Å². The van der Waals surface area contributed by atoms with Crippen LogP contribution in [0.4, 0.5) is 30.7 Å². The van der Waals surface area contributed by atoms with Crippen molar-refractivity contribution in [1.82, 2.24) is 15.3 Å². The molecule has 4 aromatic rings. The highest BCUT2D eigenvalue weighted by Gasteiger charge is 2.58. The average molecular weight is 687 g/mol. The Bertz CT molecular complexity index is 1940. The number of amides is 2. The number of aromatic nitrogens is 2. The lowest BCUT2D eigenvalue weighted by Gasteiger charge is -2.31. The molecule has 2 aromatic heterocycles. The predicted octanol–water partition coefficient (Wildman–Crippen LogP) is 5.45. The van der Waals surface area contributed by atoms with Crippen molar-refractivity contribution in [2.24, 2.45) is 5.73 Å². The molecule has 9 nitrogen and oxygen atoms in total. The van der Waals surface area contributed by atoms with Crippen LogP contribution < -0.4 is 20.5 Å². The maximum atomic E-state index is 14.7. The molecule has 0 spiro atoms. The summed E-state index contributed by atoms with van der Waals surface area (Å²) in [5, 5.41) is 12.4. The number of halogens is 8. The van der Waals surface area contributed by atoms with Gasteiger partial charge in [0.05, 0.1) is 17.3 Å². The van der Waals surface area contributed by atoms with E-state index >= 15 is 0 Å². The van der Waals surface area contributed by atoms with Crippen molar-refractivity contribution < 1.29 is 54.9 Å². The van der Waals surface area contributed by atoms with Gasteiger partial charge in [-0.05, 0) is 55.8 Å². The molecule has 2 atom stereocenters. The molecular formula is C30H22ClF7N4O5. The van der Waals surface area contributed by atoms with Gasteiger partial charge in [-0.3, -0.25) is 14.6 Å². The van der Waals surface area contributed by atoms with Gasteiger partial charge in [-0.15, -0.1) is 0 Å². The van der Waals surface area contributed by atoms with Crippen molar-refractivity contribution in [1.29, 1.82) is 0 Å². The number of carbonyl (C=O) groups excluding carboxylic acids is 2. The highest BCUT2D eigenvalue weighted by molar-refractivity contribution is 6.33. The van der Waals surface area contributed by atoms with Gasteiger partial charge in [-0.2, -0.15) is 22.0 Å². The second-order valence-electron chi connectivity index (χ2n) is 10.9. The molecule has 17 heteroatoms. The normalized spacial score (nSPS) is 17.3. The predicted molar refractivity (Wildman–Crippen MR) is 152 cm³/mol. The van der Waals surface area contributed by atoms with E-state index < -0.39 is 93.7 Å². The highest BCUT2D eigenvalue weighted by Crippen LogP contribution is 2.49. The van der Waals surface area contributed by atoms with Gasteiger partial charge in [-0.25, -0.2) is 13.8 Å². The first kappa shape index (κ1) is 33.7. The lowest BCUT2D eigenvalue weighted by Crippen LogP contribution is -2.51. The number of rotatable bonds is 8. The van der Waals surface area contributed by atoms with Gasteiger partial charge in [0, 0.05) is 28.3 Å². The Labute approximate surface area is 265 Å². The zero-order valence-corrected chi connectivity index (χ0v) is 24.9. The van der Waals surface area contributed by atoms with Crippen molar-refractivity contribution in [2.45, 2.75) is 37.7 Å². The van der Waals surface area contributed by atoms with Gasteiger partial charge in [0.15, 0.2) is 17.4 Å². The van der Waals surface area contributed by atoms with Crippen LogP contribution in [0.25, 0.3) is 22.2 Å². The Morgan fingerprint density at radius 2 is 1.89 bits per heavy atom. The maximum Gasteiger partial charge on any atom is 0.424 e. The third-order valence-corrected chi connectivity index (χ3v) is 8.04. The monoisotopic (exact) mass is 686 g/mol. The number of alkyl halides is 5. The molecule has 3 heterocycles. The SMILES string of the molecule is Cc1cnc2c(OC(F)F)cc(C(=O)NCC(O)(c3cc4c(c(-c5ccc(F)c(F)c5Cl)n3)OC[C@]4(C)C(N)=O)C(F)(F)F)cc2c1. The van der Waals surface area contributed by atoms with Gasteiger partial charge in [-0.1, -0.05) is 11.6 Å². The molecule has 47 heavy (non-hydrogen) atoms. The number of fused-ring (bicyclic) bond motifs is 2. The summed E-state index contributed by atoms with van der Waals surface area (Å²) in [7, 11) is 0. The number of ether oxygens (including phenoxy) is 2. The summed E-state index contributed by atoms with van der Waals surface area (Å²) in [6, 6.07) is 5.71. The number of primary amides is 1. The summed E-state index contributed by atoms with van der Waals surface area (Å²) in [5.41, 5.74) is -2.68. The standard InChI is InChI=1S/C30H22ClF7N4O5/c1-12-5-13-6-14(7-18(47-27(34)35)22(13)40-9-12)25(43)41-10-29(45,30(36,37)38)19-8-16-24(46-11-28(16,2)26(39)44)23(42-19)15-3-4-17(32)21(33)20(15)31/h3-9,27,45H,10-11H2,1-2H3,(H2,39,44)(H,41,43)/t28-,29?/m0/s1. The molecule has 0 bridgehead atoms. The molecule has 1 aliphatic heterocycles. The Hall–Kier alpha value is -4.70. The molecule has 4 N–H and O–H groups in total. The lowest BCUT2D eigenvalue weighted by molar-refractivity contribution is -0.265. The van der Waals surface area contributed by atoms with E-state index in [9.17, 15) is 45.4 Å². The number of aryl methyl sites for hydroxylation is 1. The van der Waals surface area contributed by atoms with Crippen LogP contribution in [0.1, 0.15) is 34.1 Å². The van der Waals surface area contributed by atoms with Crippen LogP contribution in [0.2, 0.25) is 5.02 Å². The number of pyridine rings is 2. The van der Waals surface area contributed by atoms with E-state index in [-0.39, 0.29) is 22.2 Å². The largest absolute Gasteiger partial charge is 0.489 e. The molecule has 5 rings (SSSR count). The van der Waals surface area contributed by atoms with Crippen LogP contribution in [0.5, 0.6) is 11.5 Å². The quantitative estimate of drug-likeness (QED) is 0.166. The molecule has 1 unspecified atom stereocenters. The Morgan fingerprint density at radius 3 is 2.53 bits per heavy atom. The Balaban J connectivity index is 1.62. The van der Waals surface area contributed by atoms with Crippen LogP contribution in [0, 0.1) is 18.6 Å². The average Bonchev–Trinajstić information content (AvgIpc) is 3.34. The molecule has 248 valence electrons. The summed E-state index contributed by atoms with van der Waals surface area (Å²) < 4.78 is 109. The first-order valence-electron chi connectivity index (χ1n) is 13.4. The third-order valence-electron chi connectivity index (χ3n) is 7.67. The summed E-state index contributed by atoms with van der Waals surface area (Å²) in [6.45, 7) is -2.55. The van der Waals surface area contributed by atoms with E-state index in [2.05, 4.69) is 14.7 Å². The maximum absolute atomic E-state index is 14.7. The number of benzene rings is 2. The number of hydrogen-bond acceptors (Lipinski definition) is 7. The fourth-order valence-corrected chi connectivity index (χ4v) is 5.22. The number of hydrogen-bond donors (Lipinski definition) is 3. The van der Waals surface area contributed by atoms with E-state index in [1.54, 1.807) is 6.92 Å². The molecule has 0 aliphatic carbocycles. The minimum Gasteiger partial charge on any atom is -0.489 e. The fraction of sp³-hybridized carbons (Fsp3) is 0.267. The number of aliphatic hydroxyl groups is 1. The molecule has 0 saturated heterocycles. The molecular weight excluding hydrogens is 665 g/mol. The van der Waals surface area contributed by atoms with Gasteiger partial charge >= 0.3 is 12.8 Å². The second kappa shape index (κ2) is 11.8. The van der Waals surface area contributed by atoms with E-state index in [1.807, 2.05) is 5.32 Å². The van der Waals surface area contributed by atoms with Gasteiger partial charge < -0.3 is 25.6 Å². The van der Waals surface area contributed by atoms with Crippen molar-refractivity contribution in [3.05, 3.63) is 81.6 Å². The molecule has 0 radical (unpaired) electrons. The number of nitrogens with one attached hydrogen (secondary N) is 1. The second-order valence-corrected chi connectivity index (χ2v) is 11.3. The molecule has 0 saturated carbocycles. The molecule has 2 aromatic carbocycles. The fourth-order valence-electron chi connectivity index (χ4n) is 4.98. The van der Waals surface area contributed by atoms with Crippen LogP contribution >= 0.6 is 11.6 Å². The van der Waals surface area contributed by atoms with E-state index in [0.29, 0.717) is 17.7 Å². The van der Waals surface area contributed by atoms with Crippen molar-refractivity contribution in [3.63, 3.8) is 0 Å². The molecule has 2 amide bonds. The molecule has 1 aliphatic rings. The minimum atomic E-state index is -5.58. The van der Waals surface area contributed by atoms with Crippen molar-refractivity contribution >= 4 is 34.3 Å². The smallest absolute Gasteiger partial charge is 0.424 e. The minimum absolute atomic E-state index is 0.0512. The Morgan fingerprint density at radius 1 is 1.19 bits per heavy atom. The summed E-state index contributed by atoms with van der Waals surface area (Å²) in [6.07, 6.45) is -4.23. The van der Waals surface area contributed by atoms with Crippen molar-refractivity contribution in [3.8, 4) is 22.8 Å². The van der Waals surface area contributed by atoms with Crippen LogP contribution in [-0.4, -0.2) is 52.8 Å². The van der Waals surface area contributed by atoms with Crippen LogP contribution in [0.15, 0.2) is 42.6 Å². The zero-order chi connectivity index (χ0) is 34.6.